The van der Waals surface area contributed by atoms with Gasteiger partial charge in [0, 0.05) is 10.6 Å². The number of carboxylic acids is 1. The van der Waals surface area contributed by atoms with Crippen LogP contribution in [0.25, 0.3) is 0 Å². The van der Waals surface area contributed by atoms with E-state index in [2.05, 4.69) is 20.8 Å². The van der Waals surface area contributed by atoms with Crippen molar-refractivity contribution in [3.63, 3.8) is 0 Å². The molecule has 1 unspecified atom stereocenters. The molecule has 0 aliphatic heterocycles. The fourth-order valence-corrected chi connectivity index (χ4v) is 2.19. The van der Waals surface area contributed by atoms with Gasteiger partial charge < -0.3 is 9.84 Å². The van der Waals surface area contributed by atoms with Gasteiger partial charge in [-0.25, -0.2) is 4.79 Å². The van der Waals surface area contributed by atoms with Crippen LogP contribution in [-0.4, -0.2) is 11.1 Å². The fraction of sp³-hybridized carbons (Fsp3) is 0.278. The molecule has 3 nitrogen and oxygen atoms in total. The molecule has 116 valence electrons. The molecule has 2 aromatic rings. The molecule has 0 radical (unpaired) electrons. The van der Waals surface area contributed by atoms with E-state index in [1.54, 1.807) is 36.4 Å². The highest BCUT2D eigenvalue weighted by Gasteiger charge is 2.22. The van der Waals surface area contributed by atoms with Crippen LogP contribution in [0, 0.1) is 0 Å². The first-order valence-electron chi connectivity index (χ1n) is 7.03. The average Bonchev–Trinajstić information content (AvgIpc) is 2.45. The lowest BCUT2D eigenvalue weighted by Crippen LogP contribution is -2.18. The first kappa shape index (κ1) is 16.4. The van der Waals surface area contributed by atoms with Crippen LogP contribution in [0.1, 0.15) is 38.0 Å². The standard InChI is InChI=1S/C18H19ClO3/c1-18(2,3)13-6-10-15(11-7-13)22-16(17(20)21)12-4-8-14(19)9-5-12/h4-11,16H,1-3H3,(H,20,21). The molecule has 0 aliphatic carbocycles. The monoisotopic (exact) mass is 318 g/mol. The minimum atomic E-state index is -1.06. The quantitative estimate of drug-likeness (QED) is 0.877. The molecule has 1 N–H and O–H groups in total. The van der Waals surface area contributed by atoms with Gasteiger partial charge in [-0.1, -0.05) is 56.6 Å². The number of halogens is 1. The van der Waals surface area contributed by atoms with Crippen molar-refractivity contribution >= 4 is 17.6 Å². The third kappa shape index (κ3) is 4.01. The number of hydrogen-bond acceptors (Lipinski definition) is 2. The van der Waals surface area contributed by atoms with Crippen LogP contribution >= 0.6 is 11.6 Å². The van der Waals surface area contributed by atoms with Crippen molar-refractivity contribution in [2.45, 2.75) is 32.3 Å². The number of benzene rings is 2. The largest absolute Gasteiger partial charge is 0.478 e. The van der Waals surface area contributed by atoms with Crippen molar-refractivity contribution < 1.29 is 14.6 Å². The SMILES string of the molecule is CC(C)(C)c1ccc(OC(C(=O)O)c2ccc(Cl)cc2)cc1. The Kier molecular flexibility index (Phi) is 4.77. The van der Waals surface area contributed by atoms with Crippen LogP contribution in [-0.2, 0) is 10.2 Å². The molecule has 0 aliphatic rings. The highest BCUT2D eigenvalue weighted by molar-refractivity contribution is 6.30. The zero-order chi connectivity index (χ0) is 16.3. The van der Waals surface area contributed by atoms with Crippen molar-refractivity contribution in [1.29, 1.82) is 0 Å². The van der Waals surface area contributed by atoms with Gasteiger partial charge in [0.1, 0.15) is 5.75 Å². The molecule has 22 heavy (non-hydrogen) atoms. The minimum absolute atomic E-state index is 0.0426. The molecular formula is C18H19ClO3. The molecule has 1 atom stereocenters. The zero-order valence-electron chi connectivity index (χ0n) is 12.8. The summed E-state index contributed by atoms with van der Waals surface area (Å²) in [5.41, 5.74) is 1.76. The summed E-state index contributed by atoms with van der Waals surface area (Å²) in [4.78, 5) is 11.5. The lowest BCUT2D eigenvalue weighted by atomic mass is 9.87. The second kappa shape index (κ2) is 6.41. The Morgan fingerprint density at radius 3 is 2.05 bits per heavy atom. The Morgan fingerprint density at radius 1 is 1.05 bits per heavy atom. The maximum Gasteiger partial charge on any atom is 0.349 e. The van der Waals surface area contributed by atoms with Gasteiger partial charge in [-0.05, 0) is 35.2 Å². The number of hydrogen-bond donors (Lipinski definition) is 1. The lowest BCUT2D eigenvalue weighted by molar-refractivity contribution is -0.145. The molecule has 2 aromatic carbocycles. The summed E-state index contributed by atoms with van der Waals surface area (Å²) < 4.78 is 5.63. The molecule has 0 saturated heterocycles. The first-order valence-corrected chi connectivity index (χ1v) is 7.40. The third-order valence-electron chi connectivity index (χ3n) is 3.37. The molecule has 0 heterocycles. The van der Waals surface area contributed by atoms with Crippen LogP contribution in [0.2, 0.25) is 5.02 Å². The Morgan fingerprint density at radius 2 is 1.59 bits per heavy atom. The maximum atomic E-state index is 11.5. The number of aliphatic carboxylic acids is 1. The van der Waals surface area contributed by atoms with E-state index in [1.807, 2.05) is 12.1 Å². The first-order chi connectivity index (χ1) is 10.3. The van der Waals surface area contributed by atoms with Crippen molar-refractivity contribution in [2.24, 2.45) is 0 Å². The van der Waals surface area contributed by atoms with Crippen molar-refractivity contribution in [3.8, 4) is 5.75 Å². The summed E-state index contributed by atoms with van der Waals surface area (Å²) in [7, 11) is 0. The molecule has 0 spiro atoms. The molecule has 4 heteroatoms. The van der Waals surface area contributed by atoms with Crippen LogP contribution in [0.3, 0.4) is 0 Å². The van der Waals surface area contributed by atoms with Crippen LogP contribution in [0.15, 0.2) is 48.5 Å². The van der Waals surface area contributed by atoms with E-state index in [0.29, 0.717) is 16.3 Å². The van der Waals surface area contributed by atoms with E-state index < -0.39 is 12.1 Å². The van der Waals surface area contributed by atoms with Gasteiger partial charge in [0.25, 0.3) is 0 Å². The third-order valence-corrected chi connectivity index (χ3v) is 3.62. The lowest BCUT2D eigenvalue weighted by Gasteiger charge is -2.20. The summed E-state index contributed by atoms with van der Waals surface area (Å²) in [6, 6.07) is 14.1. The van der Waals surface area contributed by atoms with Gasteiger partial charge in [-0.15, -0.1) is 0 Å². The van der Waals surface area contributed by atoms with Gasteiger partial charge >= 0.3 is 5.97 Å². The summed E-state index contributed by atoms with van der Waals surface area (Å²) in [6.45, 7) is 6.36. The Labute approximate surface area is 135 Å². The zero-order valence-corrected chi connectivity index (χ0v) is 13.6. The van der Waals surface area contributed by atoms with Crippen LogP contribution in [0.4, 0.5) is 0 Å². The summed E-state index contributed by atoms with van der Waals surface area (Å²) >= 11 is 5.83. The fourth-order valence-electron chi connectivity index (χ4n) is 2.07. The number of rotatable bonds is 4. The van der Waals surface area contributed by atoms with Gasteiger partial charge in [-0.2, -0.15) is 0 Å². The molecule has 2 rings (SSSR count). The van der Waals surface area contributed by atoms with Crippen molar-refractivity contribution in [3.05, 3.63) is 64.7 Å². The molecular weight excluding hydrogens is 300 g/mol. The minimum Gasteiger partial charge on any atom is -0.478 e. The van der Waals surface area contributed by atoms with E-state index in [-0.39, 0.29) is 5.41 Å². The highest BCUT2D eigenvalue weighted by Crippen LogP contribution is 2.27. The normalized spacial score (nSPS) is 12.7. The number of carbonyl (C=O) groups is 1. The molecule has 0 aromatic heterocycles. The van der Waals surface area contributed by atoms with Gasteiger partial charge in [0.05, 0.1) is 0 Å². The Bertz CT molecular complexity index is 640. The summed E-state index contributed by atoms with van der Waals surface area (Å²) in [5, 5.41) is 9.94. The predicted molar refractivity (Wildman–Crippen MR) is 87.6 cm³/mol. The predicted octanol–water partition coefficient (Wildman–Crippen LogP) is 4.84. The van der Waals surface area contributed by atoms with E-state index in [1.165, 1.54) is 5.56 Å². The van der Waals surface area contributed by atoms with Gasteiger partial charge in [0.2, 0.25) is 6.10 Å². The van der Waals surface area contributed by atoms with Crippen molar-refractivity contribution in [1.82, 2.24) is 0 Å². The molecule has 0 fully saturated rings. The summed E-state index contributed by atoms with van der Waals surface area (Å²) in [5.74, 6) is -0.516. The Hall–Kier alpha value is -2.00. The maximum absolute atomic E-state index is 11.5. The topological polar surface area (TPSA) is 46.5 Å². The highest BCUT2D eigenvalue weighted by atomic mass is 35.5. The second-order valence-electron chi connectivity index (χ2n) is 6.16. The van der Waals surface area contributed by atoms with E-state index in [9.17, 15) is 9.90 Å². The molecule has 0 saturated carbocycles. The number of carboxylic acid groups (broad SMARTS) is 1. The molecule has 0 amide bonds. The smallest absolute Gasteiger partial charge is 0.349 e. The van der Waals surface area contributed by atoms with Crippen molar-refractivity contribution in [2.75, 3.05) is 0 Å². The van der Waals surface area contributed by atoms with Gasteiger partial charge in [-0.3, -0.25) is 0 Å². The second-order valence-corrected chi connectivity index (χ2v) is 6.60. The van der Waals surface area contributed by atoms with Gasteiger partial charge in [0.15, 0.2) is 0 Å². The average molecular weight is 319 g/mol. The van der Waals surface area contributed by atoms with Crippen LogP contribution in [0.5, 0.6) is 5.75 Å². The van der Waals surface area contributed by atoms with E-state index in [4.69, 9.17) is 16.3 Å². The number of ether oxygens (including phenoxy) is 1. The van der Waals surface area contributed by atoms with E-state index in [0.717, 1.165) is 0 Å². The summed E-state index contributed by atoms with van der Waals surface area (Å²) in [6.07, 6.45) is -1.06. The van der Waals surface area contributed by atoms with E-state index >= 15 is 0 Å². The molecule has 0 bridgehead atoms. The Balaban J connectivity index is 2.21. The van der Waals surface area contributed by atoms with Crippen LogP contribution < -0.4 is 4.74 Å².